The van der Waals surface area contributed by atoms with Crippen LogP contribution in [-0.2, 0) is 14.8 Å². The van der Waals surface area contributed by atoms with Gasteiger partial charge in [0, 0.05) is 11.7 Å². The first-order chi connectivity index (χ1) is 10.7. The number of nitrogens with two attached hydrogens (primary N) is 1. The number of halogens is 2. The quantitative estimate of drug-likeness (QED) is 0.674. The van der Waals surface area contributed by atoms with E-state index in [1.807, 2.05) is 13.8 Å². The third-order valence-corrected chi connectivity index (χ3v) is 5.48. The van der Waals surface area contributed by atoms with Crippen molar-refractivity contribution in [3.63, 3.8) is 0 Å². The van der Waals surface area contributed by atoms with E-state index in [9.17, 15) is 17.6 Å². The zero-order valence-electron chi connectivity index (χ0n) is 13.6. The summed E-state index contributed by atoms with van der Waals surface area (Å²) in [5.41, 5.74) is 6.03. The van der Waals surface area contributed by atoms with Gasteiger partial charge in [0.25, 0.3) is 0 Å². The minimum atomic E-state index is -3.93. The van der Waals surface area contributed by atoms with E-state index in [2.05, 4.69) is 10.0 Å². The van der Waals surface area contributed by atoms with Gasteiger partial charge in [-0.05, 0) is 37.0 Å². The molecule has 1 fully saturated rings. The van der Waals surface area contributed by atoms with Crippen molar-refractivity contribution in [2.24, 2.45) is 11.7 Å². The molecule has 6 nitrogen and oxygen atoms in total. The Morgan fingerprint density at radius 2 is 2.04 bits per heavy atom. The highest BCUT2D eigenvalue weighted by Crippen LogP contribution is 2.25. The number of carbonyl (C=O) groups is 1. The Kier molecular flexibility index (Phi) is 7.15. The Morgan fingerprint density at radius 3 is 2.58 bits per heavy atom. The number of hydrogen-bond acceptors (Lipinski definition) is 4. The zero-order chi connectivity index (χ0) is 17.2. The molecule has 136 valence electrons. The second-order valence-corrected chi connectivity index (χ2v) is 7.62. The van der Waals surface area contributed by atoms with Crippen LogP contribution in [-0.4, -0.2) is 26.4 Å². The van der Waals surface area contributed by atoms with Crippen LogP contribution in [0, 0.1) is 11.7 Å². The molecule has 1 saturated carbocycles. The topological polar surface area (TPSA) is 101 Å². The second kappa shape index (κ2) is 8.24. The van der Waals surface area contributed by atoms with E-state index >= 15 is 0 Å². The molecule has 0 aromatic heterocycles. The number of sulfonamides is 1. The van der Waals surface area contributed by atoms with Crippen molar-refractivity contribution < 1.29 is 17.6 Å². The Balaban J connectivity index is 0.00000288. The highest BCUT2D eigenvalue weighted by Gasteiger charge is 2.30. The predicted octanol–water partition coefficient (Wildman–Crippen LogP) is 2.00. The largest absolute Gasteiger partial charge is 0.325 e. The summed E-state index contributed by atoms with van der Waals surface area (Å²) >= 11 is 0. The summed E-state index contributed by atoms with van der Waals surface area (Å²) in [4.78, 5) is 11.6. The lowest BCUT2D eigenvalue weighted by Crippen LogP contribution is -2.40. The Labute approximate surface area is 147 Å². The molecular weight excluding hydrogens is 357 g/mol. The number of hydrogen-bond donors (Lipinski definition) is 3. The van der Waals surface area contributed by atoms with Crippen molar-refractivity contribution in [3.05, 3.63) is 24.0 Å². The van der Waals surface area contributed by atoms with Gasteiger partial charge in [-0.2, -0.15) is 0 Å². The van der Waals surface area contributed by atoms with E-state index < -0.39 is 32.7 Å². The molecule has 1 amide bonds. The van der Waals surface area contributed by atoms with Crippen molar-refractivity contribution >= 4 is 34.0 Å². The van der Waals surface area contributed by atoms with E-state index in [-0.39, 0.29) is 30.1 Å². The highest BCUT2D eigenvalue weighted by molar-refractivity contribution is 7.89. The fraction of sp³-hybridized carbons (Fsp3) is 0.533. The number of amides is 1. The maximum Gasteiger partial charge on any atom is 0.243 e. The number of benzene rings is 1. The van der Waals surface area contributed by atoms with Crippen LogP contribution in [0.3, 0.4) is 0 Å². The van der Waals surface area contributed by atoms with Crippen LogP contribution in [0.15, 0.2) is 23.1 Å². The van der Waals surface area contributed by atoms with Gasteiger partial charge in [0.15, 0.2) is 0 Å². The van der Waals surface area contributed by atoms with Gasteiger partial charge >= 0.3 is 0 Å². The fourth-order valence-corrected chi connectivity index (χ4v) is 3.42. The van der Waals surface area contributed by atoms with Crippen LogP contribution in [0.1, 0.15) is 33.1 Å². The maximum absolute atomic E-state index is 13.9. The summed E-state index contributed by atoms with van der Waals surface area (Å²) in [7, 11) is -3.93. The lowest BCUT2D eigenvalue weighted by Gasteiger charge is -2.18. The van der Waals surface area contributed by atoms with Crippen molar-refractivity contribution in [1.82, 2.24) is 4.72 Å². The molecule has 1 aromatic rings. The summed E-state index contributed by atoms with van der Waals surface area (Å²) in [5, 5.41) is 2.54. The number of nitrogens with one attached hydrogen (secondary N) is 2. The minimum absolute atomic E-state index is 0. The summed E-state index contributed by atoms with van der Waals surface area (Å²) in [6.07, 6.45) is 2.24. The molecule has 2 rings (SSSR count). The van der Waals surface area contributed by atoms with E-state index in [4.69, 9.17) is 5.73 Å². The average Bonchev–Trinajstić information content (AvgIpc) is 3.30. The molecule has 0 bridgehead atoms. The lowest BCUT2D eigenvalue weighted by molar-refractivity contribution is -0.118. The normalized spacial score (nSPS) is 16.8. The van der Waals surface area contributed by atoms with Gasteiger partial charge in [-0.3, -0.25) is 4.79 Å². The Hall–Kier alpha value is -1.22. The molecule has 2 atom stereocenters. The Morgan fingerprint density at radius 1 is 1.42 bits per heavy atom. The number of anilines is 1. The van der Waals surface area contributed by atoms with E-state index in [0.29, 0.717) is 0 Å². The highest BCUT2D eigenvalue weighted by atomic mass is 35.5. The van der Waals surface area contributed by atoms with E-state index in [1.54, 1.807) is 0 Å². The second-order valence-electron chi connectivity index (χ2n) is 5.94. The molecule has 24 heavy (non-hydrogen) atoms. The first-order valence-corrected chi connectivity index (χ1v) is 9.11. The molecule has 1 aliphatic carbocycles. The van der Waals surface area contributed by atoms with Gasteiger partial charge < -0.3 is 11.1 Å². The van der Waals surface area contributed by atoms with Gasteiger partial charge in [0.05, 0.1) is 6.04 Å². The van der Waals surface area contributed by atoms with Crippen molar-refractivity contribution in [2.45, 2.75) is 50.1 Å². The van der Waals surface area contributed by atoms with Crippen molar-refractivity contribution in [1.29, 1.82) is 0 Å². The van der Waals surface area contributed by atoms with E-state index in [0.717, 1.165) is 31.4 Å². The molecule has 0 heterocycles. The third-order valence-electron chi connectivity index (χ3n) is 3.95. The summed E-state index contributed by atoms with van der Waals surface area (Å²) < 4.78 is 40.6. The van der Waals surface area contributed by atoms with Gasteiger partial charge in [0.1, 0.15) is 10.7 Å². The molecule has 0 radical (unpaired) electrons. The predicted molar refractivity (Wildman–Crippen MR) is 93.1 cm³/mol. The van der Waals surface area contributed by atoms with Crippen LogP contribution in [0.2, 0.25) is 0 Å². The number of carbonyl (C=O) groups excluding carboxylic acids is 1. The first kappa shape index (κ1) is 20.8. The van der Waals surface area contributed by atoms with Gasteiger partial charge in [0.2, 0.25) is 15.9 Å². The average molecular weight is 380 g/mol. The zero-order valence-corrected chi connectivity index (χ0v) is 15.2. The van der Waals surface area contributed by atoms with Crippen LogP contribution >= 0.6 is 12.4 Å². The van der Waals surface area contributed by atoms with Gasteiger partial charge in [-0.15, -0.1) is 12.4 Å². The molecule has 1 aliphatic rings. The molecule has 0 saturated heterocycles. The summed E-state index contributed by atoms with van der Waals surface area (Å²) in [5.74, 6) is -1.30. The van der Waals surface area contributed by atoms with Gasteiger partial charge in [-0.1, -0.05) is 20.3 Å². The molecule has 1 aromatic carbocycles. The first-order valence-electron chi connectivity index (χ1n) is 7.63. The summed E-state index contributed by atoms with van der Waals surface area (Å²) in [6, 6.07) is 2.60. The van der Waals surface area contributed by atoms with Crippen LogP contribution < -0.4 is 15.8 Å². The fourth-order valence-electron chi connectivity index (χ4n) is 2.01. The van der Waals surface area contributed by atoms with Crippen LogP contribution in [0.25, 0.3) is 0 Å². The molecule has 9 heteroatoms. The molecular formula is C15H23ClFN3O3S. The third kappa shape index (κ3) is 5.14. The van der Waals surface area contributed by atoms with Crippen molar-refractivity contribution in [2.75, 3.05) is 5.32 Å². The molecule has 0 spiro atoms. The standard InChI is InChI=1S/C15H22FN3O3S.ClH/c1-3-9(2)14(17)15(20)18-11-6-7-12(16)13(8-11)23(21,22)19-10-4-5-10;/h6-10,14,19H,3-5,17H2,1-2H3,(H,18,20);1H. The van der Waals surface area contributed by atoms with Crippen LogP contribution in [0.4, 0.5) is 10.1 Å². The Bertz CT molecular complexity index is 695. The summed E-state index contributed by atoms with van der Waals surface area (Å²) in [6.45, 7) is 3.77. The number of rotatable bonds is 7. The lowest BCUT2D eigenvalue weighted by atomic mass is 9.99. The van der Waals surface area contributed by atoms with Crippen molar-refractivity contribution in [3.8, 4) is 0 Å². The SMILES string of the molecule is CCC(C)C(N)C(=O)Nc1ccc(F)c(S(=O)(=O)NC2CC2)c1.Cl. The smallest absolute Gasteiger partial charge is 0.243 e. The monoisotopic (exact) mass is 379 g/mol. The minimum Gasteiger partial charge on any atom is -0.325 e. The van der Waals surface area contributed by atoms with Crippen LogP contribution in [0.5, 0.6) is 0 Å². The molecule has 0 aliphatic heterocycles. The molecule has 4 N–H and O–H groups in total. The maximum atomic E-state index is 13.9. The van der Waals surface area contributed by atoms with Gasteiger partial charge in [-0.25, -0.2) is 17.5 Å². The molecule has 2 unspecified atom stereocenters. The van der Waals surface area contributed by atoms with E-state index in [1.165, 1.54) is 6.07 Å².